The van der Waals surface area contributed by atoms with Crippen LogP contribution in [0.15, 0.2) is 11.8 Å². The van der Waals surface area contributed by atoms with Crippen molar-refractivity contribution < 1.29 is 14.6 Å². The van der Waals surface area contributed by atoms with E-state index < -0.39 is 0 Å². The molecule has 11 heavy (non-hydrogen) atoms. The molecular formula is C7H11NO3. The van der Waals surface area contributed by atoms with Crippen LogP contribution in [0.1, 0.15) is 0 Å². The molecule has 1 aliphatic heterocycles. The number of rotatable bonds is 2. The van der Waals surface area contributed by atoms with Gasteiger partial charge in [-0.2, -0.15) is 0 Å². The number of ether oxygens (including phenoxy) is 1. The topological polar surface area (TPSA) is 49.8 Å². The molecule has 0 aromatic heterocycles. The summed E-state index contributed by atoms with van der Waals surface area (Å²) in [7, 11) is 3.16. The molecule has 0 spiro atoms. The van der Waals surface area contributed by atoms with Gasteiger partial charge in [-0.3, -0.25) is 4.79 Å². The van der Waals surface area contributed by atoms with Gasteiger partial charge in [0.05, 0.1) is 6.61 Å². The van der Waals surface area contributed by atoms with E-state index in [-0.39, 0.29) is 17.7 Å². The molecule has 0 fully saturated rings. The number of carbonyl (C=O) groups is 1. The fraction of sp³-hybridized carbons (Fsp3) is 0.571. The van der Waals surface area contributed by atoms with Gasteiger partial charge in [0.2, 0.25) is 5.91 Å². The molecule has 1 N–H and O–H groups in total. The Hall–Kier alpha value is -1.03. The lowest BCUT2D eigenvalue weighted by Gasteiger charge is -2.19. The Balaban J connectivity index is 2.66. The minimum absolute atomic E-state index is 0.0827. The van der Waals surface area contributed by atoms with Crippen LogP contribution in [0.4, 0.5) is 0 Å². The van der Waals surface area contributed by atoms with Crippen molar-refractivity contribution >= 4 is 5.91 Å². The van der Waals surface area contributed by atoms with E-state index in [1.165, 1.54) is 18.1 Å². The fourth-order valence-corrected chi connectivity index (χ4v) is 1.03. The van der Waals surface area contributed by atoms with Gasteiger partial charge in [0.1, 0.15) is 11.8 Å². The molecule has 0 bridgehead atoms. The third-order valence-electron chi connectivity index (χ3n) is 1.75. The van der Waals surface area contributed by atoms with Gasteiger partial charge in [-0.05, 0) is 0 Å². The Bertz CT molecular complexity index is 200. The van der Waals surface area contributed by atoms with Crippen LogP contribution in [0.25, 0.3) is 0 Å². The van der Waals surface area contributed by atoms with Crippen molar-refractivity contribution in [3.05, 3.63) is 11.8 Å². The molecule has 1 heterocycles. The molecule has 1 rings (SSSR count). The quantitative estimate of drug-likeness (QED) is 0.609. The van der Waals surface area contributed by atoms with Gasteiger partial charge < -0.3 is 14.7 Å². The van der Waals surface area contributed by atoms with Crippen LogP contribution >= 0.6 is 0 Å². The van der Waals surface area contributed by atoms with Crippen LogP contribution in [0.3, 0.4) is 0 Å². The number of aliphatic hydroxyl groups is 1. The SMILES string of the molecule is COCC1C(O)=CC(=O)N1C. The smallest absolute Gasteiger partial charge is 0.250 e. The standard InChI is InChI=1S/C7H11NO3/c1-8-5(4-11-2)6(9)3-7(8)10/h3,5,9H,4H2,1-2H3. The summed E-state index contributed by atoms with van der Waals surface area (Å²) in [6, 6.07) is -0.299. The van der Waals surface area contributed by atoms with Crippen LogP contribution in [-0.4, -0.2) is 42.7 Å². The van der Waals surface area contributed by atoms with Crippen LogP contribution in [-0.2, 0) is 9.53 Å². The molecule has 0 aromatic carbocycles. The van der Waals surface area contributed by atoms with Crippen LogP contribution in [0, 0.1) is 0 Å². The van der Waals surface area contributed by atoms with Crippen molar-refractivity contribution in [1.82, 2.24) is 4.90 Å². The molecule has 1 amide bonds. The largest absolute Gasteiger partial charge is 0.510 e. The van der Waals surface area contributed by atoms with Gasteiger partial charge in [0, 0.05) is 20.2 Å². The maximum atomic E-state index is 10.9. The van der Waals surface area contributed by atoms with Crippen molar-refractivity contribution in [2.45, 2.75) is 6.04 Å². The highest BCUT2D eigenvalue weighted by Crippen LogP contribution is 2.14. The molecule has 1 unspecified atom stereocenters. The van der Waals surface area contributed by atoms with E-state index >= 15 is 0 Å². The molecule has 4 nitrogen and oxygen atoms in total. The van der Waals surface area contributed by atoms with E-state index in [0.29, 0.717) is 6.61 Å². The van der Waals surface area contributed by atoms with E-state index in [9.17, 15) is 9.90 Å². The van der Waals surface area contributed by atoms with E-state index in [1.54, 1.807) is 7.05 Å². The van der Waals surface area contributed by atoms with E-state index in [2.05, 4.69) is 0 Å². The third kappa shape index (κ3) is 1.35. The maximum Gasteiger partial charge on any atom is 0.250 e. The molecule has 0 saturated carbocycles. The number of hydrogen-bond donors (Lipinski definition) is 1. The molecule has 1 atom stereocenters. The van der Waals surface area contributed by atoms with Gasteiger partial charge in [-0.15, -0.1) is 0 Å². The Kier molecular flexibility index (Phi) is 2.14. The van der Waals surface area contributed by atoms with Crippen molar-refractivity contribution in [2.75, 3.05) is 20.8 Å². The predicted octanol–water partition coefficient (Wildman–Crippen LogP) is -0.0847. The normalized spacial score (nSPS) is 24.2. The monoisotopic (exact) mass is 157 g/mol. The lowest BCUT2D eigenvalue weighted by molar-refractivity contribution is -0.125. The first kappa shape index (κ1) is 8.07. The number of carbonyl (C=O) groups excluding carboxylic acids is 1. The zero-order valence-corrected chi connectivity index (χ0v) is 6.57. The van der Waals surface area contributed by atoms with E-state index in [4.69, 9.17) is 4.74 Å². The molecule has 0 saturated heterocycles. The first-order chi connectivity index (χ1) is 5.16. The first-order valence-corrected chi connectivity index (χ1v) is 3.33. The molecule has 0 radical (unpaired) electrons. The number of methoxy groups -OCH3 is 1. The summed E-state index contributed by atoms with van der Waals surface area (Å²) in [5.41, 5.74) is 0. The number of nitrogens with zero attached hydrogens (tertiary/aromatic N) is 1. The summed E-state index contributed by atoms with van der Waals surface area (Å²) in [4.78, 5) is 12.3. The lowest BCUT2D eigenvalue weighted by Crippen LogP contribution is -2.34. The summed E-state index contributed by atoms with van der Waals surface area (Å²) in [5, 5.41) is 9.18. The Morgan fingerprint density at radius 2 is 2.45 bits per heavy atom. The molecule has 1 aliphatic rings. The van der Waals surface area contributed by atoms with Crippen LogP contribution in [0.5, 0.6) is 0 Å². The van der Waals surface area contributed by atoms with Gasteiger partial charge in [-0.1, -0.05) is 0 Å². The summed E-state index contributed by atoms with van der Waals surface area (Å²) >= 11 is 0. The first-order valence-electron chi connectivity index (χ1n) is 3.33. The van der Waals surface area contributed by atoms with Gasteiger partial charge in [0.25, 0.3) is 0 Å². The Labute approximate surface area is 65.1 Å². The zero-order valence-electron chi connectivity index (χ0n) is 6.57. The summed E-state index contributed by atoms with van der Waals surface area (Å²) in [6.07, 6.45) is 1.21. The summed E-state index contributed by atoms with van der Waals surface area (Å²) < 4.78 is 4.82. The van der Waals surface area contributed by atoms with Gasteiger partial charge >= 0.3 is 0 Å². The average molecular weight is 157 g/mol. The van der Waals surface area contributed by atoms with E-state index in [1.807, 2.05) is 0 Å². The van der Waals surface area contributed by atoms with Crippen molar-refractivity contribution in [1.29, 1.82) is 0 Å². The molecule has 0 aromatic rings. The molecule has 4 heteroatoms. The molecule has 0 aliphatic carbocycles. The average Bonchev–Trinajstić information content (AvgIpc) is 2.17. The molecular weight excluding hydrogens is 146 g/mol. The van der Waals surface area contributed by atoms with Crippen LogP contribution < -0.4 is 0 Å². The van der Waals surface area contributed by atoms with Crippen molar-refractivity contribution in [3.63, 3.8) is 0 Å². The maximum absolute atomic E-state index is 10.9. The van der Waals surface area contributed by atoms with Crippen molar-refractivity contribution in [2.24, 2.45) is 0 Å². The van der Waals surface area contributed by atoms with Gasteiger partial charge in [-0.25, -0.2) is 0 Å². The Morgan fingerprint density at radius 3 is 2.82 bits per heavy atom. The van der Waals surface area contributed by atoms with Crippen LogP contribution in [0.2, 0.25) is 0 Å². The Morgan fingerprint density at radius 1 is 1.82 bits per heavy atom. The number of amides is 1. The van der Waals surface area contributed by atoms with E-state index in [0.717, 1.165) is 0 Å². The number of likely N-dealkylation sites (N-methyl/N-ethyl adjacent to an activating group) is 1. The summed E-state index contributed by atoms with van der Waals surface area (Å²) in [6.45, 7) is 0.338. The zero-order chi connectivity index (χ0) is 8.43. The predicted molar refractivity (Wildman–Crippen MR) is 39.1 cm³/mol. The lowest BCUT2D eigenvalue weighted by atomic mass is 10.3. The minimum atomic E-state index is -0.299. The highest BCUT2D eigenvalue weighted by atomic mass is 16.5. The second-order valence-electron chi connectivity index (χ2n) is 2.49. The second-order valence-corrected chi connectivity index (χ2v) is 2.49. The van der Waals surface area contributed by atoms with Gasteiger partial charge in [0.15, 0.2) is 0 Å². The number of aliphatic hydroxyl groups excluding tert-OH is 1. The third-order valence-corrected chi connectivity index (χ3v) is 1.75. The summed E-state index contributed by atoms with van der Waals surface area (Å²) in [5.74, 6) is -0.0936. The number of hydrogen-bond acceptors (Lipinski definition) is 3. The minimum Gasteiger partial charge on any atom is -0.510 e. The van der Waals surface area contributed by atoms with Crippen molar-refractivity contribution in [3.8, 4) is 0 Å². The highest BCUT2D eigenvalue weighted by molar-refractivity contribution is 5.91. The second kappa shape index (κ2) is 2.92. The fourth-order valence-electron chi connectivity index (χ4n) is 1.03. The molecule has 62 valence electrons. The highest BCUT2D eigenvalue weighted by Gasteiger charge is 2.29.